The number of hydrogen-bond acceptors (Lipinski definition) is 5. The first-order valence-electron chi connectivity index (χ1n) is 8.41. The monoisotopic (exact) mass is 372 g/mol. The molecule has 0 aliphatic carbocycles. The van der Waals surface area contributed by atoms with Crippen molar-refractivity contribution in [2.75, 3.05) is 26.1 Å². The highest BCUT2D eigenvalue weighted by Gasteiger charge is 2.34. The number of benzene rings is 2. The Kier molecular flexibility index (Phi) is 5.87. The Balaban J connectivity index is 1.73. The molecule has 2 amide bonds. The van der Waals surface area contributed by atoms with Gasteiger partial charge in [-0.3, -0.25) is 15.3 Å². The van der Waals surface area contributed by atoms with E-state index in [0.717, 1.165) is 11.3 Å². The summed E-state index contributed by atoms with van der Waals surface area (Å²) in [7, 11) is 3.09. The van der Waals surface area contributed by atoms with Gasteiger partial charge < -0.3 is 15.4 Å². The Hall–Kier alpha value is -3.13. The number of carbonyl (C=O) groups is 1. The van der Waals surface area contributed by atoms with Crippen LogP contribution in [0.15, 0.2) is 53.5 Å². The van der Waals surface area contributed by atoms with Gasteiger partial charge in [0, 0.05) is 11.6 Å². The van der Waals surface area contributed by atoms with Crippen LogP contribution in [-0.4, -0.2) is 38.7 Å². The van der Waals surface area contributed by atoms with E-state index in [4.69, 9.17) is 9.57 Å². The number of ether oxygens (including phenoxy) is 1. The minimum absolute atomic E-state index is 0.0625. The second kappa shape index (κ2) is 8.50. The zero-order valence-electron chi connectivity index (χ0n) is 15.0. The van der Waals surface area contributed by atoms with Gasteiger partial charge in [0.15, 0.2) is 0 Å². The van der Waals surface area contributed by atoms with Crippen molar-refractivity contribution < 1.29 is 18.8 Å². The molecule has 3 rings (SSSR count). The molecule has 2 atom stereocenters. The summed E-state index contributed by atoms with van der Waals surface area (Å²) < 4.78 is 18.2. The Morgan fingerprint density at radius 3 is 2.44 bits per heavy atom. The van der Waals surface area contributed by atoms with Crippen molar-refractivity contribution in [3.63, 3.8) is 0 Å². The van der Waals surface area contributed by atoms with Crippen molar-refractivity contribution in [1.29, 1.82) is 0 Å². The number of hydroxylamine groups is 1. The molecular weight excluding hydrogens is 351 g/mol. The fraction of sp³-hybridized carbons (Fsp3) is 0.263. The number of hydrogen-bond donors (Lipinski definition) is 3. The van der Waals surface area contributed by atoms with E-state index in [9.17, 15) is 9.18 Å². The lowest BCUT2D eigenvalue weighted by molar-refractivity contribution is 0.141. The minimum atomic E-state index is -0.419. The Labute approximate surface area is 156 Å². The molecule has 0 spiro atoms. The molecule has 1 aliphatic rings. The van der Waals surface area contributed by atoms with Gasteiger partial charge in [-0.25, -0.2) is 9.18 Å². The average molecular weight is 372 g/mol. The van der Waals surface area contributed by atoms with Crippen LogP contribution in [0.3, 0.4) is 0 Å². The number of amidine groups is 1. The number of halogens is 1. The molecule has 0 radical (unpaired) electrons. The highest BCUT2D eigenvalue weighted by molar-refractivity contribution is 5.96. The standard InChI is InChI=1S/C19H21FN4O3/c1-26-15-9-3-12(4-10-15)16-11-21-18(24-27-2)17(16)23-19(25)22-14-7-5-13(20)6-8-14/h3-10,16-17H,11H2,1-2H3,(H,21,24)(H2,22,23,25). The number of methoxy groups -OCH3 is 1. The summed E-state index contributed by atoms with van der Waals surface area (Å²) in [6, 6.07) is 12.4. The highest BCUT2D eigenvalue weighted by Crippen LogP contribution is 2.27. The van der Waals surface area contributed by atoms with E-state index in [1.54, 1.807) is 7.11 Å². The Bertz CT molecular complexity index is 809. The molecule has 2 aromatic carbocycles. The molecule has 0 saturated carbocycles. The topological polar surface area (TPSA) is 84.0 Å². The summed E-state index contributed by atoms with van der Waals surface area (Å²) in [6.45, 7) is 0.500. The first kappa shape index (κ1) is 18.7. The second-order valence-corrected chi connectivity index (χ2v) is 5.99. The second-order valence-electron chi connectivity index (χ2n) is 5.99. The van der Waals surface area contributed by atoms with Gasteiger partial charge in [-0.15, -0.1) is 0 Å². The third-order valence-electron chi connectivity index (χ3n) is 4.29. The average Bonchev–Trinajstić information content (AvgIpc) is 3.06. The third kappa shape index (κ3) is 4.53. The molecule has 27 heavy (non-hydrogen) atoms. The number of aliphatic imine (C=N–C) groups is 1. The summed E-state index contributed by atoms with van der Waals surface area (Å²) in [5.74, 6) is 0.863. The van der Waals surface area contributed by atoms with Crippen molar-refractivity contribution in [2.45, 2.75) is 12.0 Å². The van der Waals surface area contributed by atoms with Crippen LogP contribution in [-0.2, 0) is 4.84 Å². The van der Waals surface area contributed by atoms with Crippen LogP contribution in [0, 0.1) is 5.82 Å². The highest BCUT2D eigenvalue weighted by atomic mass is 19.1. The predicted octanol–water partition coefficient (Wildman–Crippen LogP) is 2.67. The van der Waals surface area contributed by atoms with Gasteiger partial charge in [-0.05, 0) is 42.0 Å². The van der Waals surface area contributed by atoms with Gasteiger partial charge in [0.1, 0.15) is 17.4 Å². The first-order chi connectivity index (χ1) is 13.1. The van der Waals surface area contributed by atoms with Crippen LogP contribution in [0.1, 0.15) is 11.5 Å². The lowest BCUT2D eigenvalue weighted by Crippen LogP contribution is -2.48. The number of carbonyl (C=O) groups excluding carboxylic acids is 1. The molecule has 3 N–H and O–H groups in total. The summed E-state index contributed by atoms with van der Waals surface area (Å²) >= 11 is 0. The van der Waals surface area contributed by atoms with Gasteiger partial charge in [0.05, 0.1) is 26.8 Å². The number of amides is 2. The van der Waals surface area contributed by atoms with Crippen LogP contribution in [0.2, 0.25) is 0 Å². The molecule has 1 heterocycles. The quantitative estimate of drug-likeness (QED) is 0.705. The summed E-state index contributed by atoms with van der Waals surface area (Å²) in [5.41, 5.74) is 4.23. The fourth-order valence-corrected chi connectivity index (χ4v) is 2.95. The van der Waals surface area contributed by atoms with E-state index in [-0.39, 0.29) is 11.7 Å². The SMILES string of the molecule is CONC1=NCC(c2ccc(OC)cc2)C1NC(=O)Nc1ccc(F)cc1. The van der Waals surface area contributed by atoms with E-state index in [1.807, 2.05) is 24.3 Å². The Morgan fingerprint density at radius 2 is 1.81 bits per heavy atom. The fourth-order valence-electron chi connectivity index (χ4n) is 2.95. The van der Waals surface area contributed by atoms with Crippen LogP contribution in [0.4, 0.5) is 14.9 Å². The van der Waals surface area contributed by atoms with Crippen LogP contribution >= 0.6 is 0 Å². The zero-order valence-corrected chi connectivity index (χ0v) is 15.0. The molecule has 1 aliphatic heterocycles. The van der Waals surface area contributed by atoms with Gasteiger partial charge in [0.25, 0.3) is 0 Å². The third-order valence-corrected chi connectivity index (χ3v) is 4.29. The van der Waals surface area contributed by atoms with Crippen molar-refractivity contribution in [2.24, 2.45) is 4.99 Å². The van der Waals surface area contributed by atoms with Gasteiger partial charge in [-0.1, -0.05) is 12.1 Å². The summed E-state index contributed by atoms with van der Waals surface area (Å²) in [4.78, 5) is 21.8. The maximum absolute atomic E-state index is 13.0. The number of nitrogens with one attached hydrogen (secondary N) is 3. The van der Waals surface area contributed by atoms with E-state index in [1.165, 1.54) is 31.4 Å². The molecule has 2 unspecified atom stereocenters. The minimum Gasteiger partial charge on any atom is -0.497 e. The number of rotatable bonds is 5. The van der Waals surface area contributed by atoms with Crippen molar-refractivity contribution >= 4 is 17.6 Å². The van der Waals surface area contributed by atoms with E-state index in [0.29, 0.717) is 18.1 Å². The predicted molar refractivity (Wildman–Crippen MR) is 101 cm³/mol. The lowest BCUT2D eigenvalue weighted by atomic mass is 9.93. The number of nitrogens with zero attached hydrogens (tertiary/aromatic N) is 1. The molecule has 142 valence electrons. The van der Waals surface area contributed by atoms with E-state index in [2.05, 4.69) is 21.1 Å². The van der Waals surface area contributed by atoms with Crippen molar-refractivity contribution in [1.82, 2.24) is 10.8 Å². The first-order valence-corrected chi connectivity index (χ1v) is 8.41. The van der Waals surface area contributed by atoms with E-state index < -0.39 is 12.1 Å². The molecule has 2 aromatic rings. The van der Waals surface area contributed by atoms with Gasteiger partial charge >= 0.3 is 6.03 Å². The molecular formula is C19H21FN4O3. The van der Waals surface area contributed by atoms with Crippen molar-refractivity contribution in [3.05, 3.63) is 59.9 Å². The van der Waals surface area contributed by atoms with Crippen LogP contribution in [0.5, 0.6) is 5.75 Å². The summed E-state index contributed by atoms with van der Waals surface area (Å²) in [6.07, 6.45) is 0. The summed E-state index contributed by atoms with van der Waals surface area (Å²) in [5, 5.41) is 5.59. The van der Waals surface area contributed by atoms with Crippen LogP contribution in [0.25, 0.3) is 0 Å². The molecule has 0 fully saturated rings. The van der Waals surface area contributed by atoms with Crippen LogP contribution < -0.4 is 20.9 Å². The normalized spacial score (nSPS) is 18.6. The lowest BCUT2D eigenvalue weighted by Gasteiger charge is -2.23. The molecule has 8 heteroatoms. The Morgan fingerprint density at radius 1 is 1.11 bits per heavy atom. The smallest absolute Gasteiger partial charge is 0.319 e. The molecule has 7 nitrogen and oxygen atoms in total. The molecule has 0 aromatic heterocycles. The van der Waals surface area contributed by atoms with Gasteiger partial charge in [0.2, 0.25) is 0 Å². The largest absolute Gasteiger partial charge is 0.497 e. The van der Waals surface area contributed by atoms with Crippen molar-refractivity contribution in [3.8, 4) is 5.75 Å². The molecule has 0 saturated heterocycles. The maximum atomic E-state index is 13.0. The van der Waals surface area contributed by atoms with Gasteiger partial charge in [-0.2, -0.15) is 0 Å². The van der Waals surface area contributed by atoms with E-state index >= 15 is 0 Å². The number of urea groups is 1. The molecule has 0 bridgehead atoms. The number of anilines is 1. The zero-order chi connectivity index (χ0) is 19.2. The maximum Gasteiger partial charge on any atom is 0.319 e.